The van der Waals surface area contributed by atoms with E-state index in [1.807, 2.05) is 13.1 Å². The second-order valence-electron chi connectivity index (χ2n) is 5.16. The minimum absolute atomic E-state index is 0.164. The molecule has 2 rings (SSSR count). The van der Waals surface area contributed by atoms with Crippen LogP contribution in [0, 0.1) is 17.1 Å². The summed E-state index contributed by atoms with van der Waals surface area (Å²) >= 11 is 7.32. The highest BCUT2D eigenvalue weighted by Crippen LogP contribution is 2.22. The first kappa shape index (κ1) is 17.4. The van der Waals surface area contributed by atoms with Crippen molar-refractivity contribution in [3.05, 3.63) is 51.6 Å². The summed E-state index contributed by atoms with van der Waals surface area (Å²) < 4.78 is 13.7. The molecule has 2 N–H and O–H groups in total. The van der Waals surface area contributed by atoms with E-state index in [1.54, 1.807) is 23.6 Å². The molecule has 1 aromatic carbocycles. The number of halogens is 2. The molecule has 0 radical (unpaired) electrons. The Hall–Kier alpha value is -1.94. The summed E-state index contributed by atoms with van der Waals surface area (Å²) in [6.07, 6.45) is 0.278. The van der Waals surface area contributed by atoms with Crippen LogP contribution in [0.2, 0.25) is 5.02 Å². The number of rotatable bonds is 6. The Kier molecular flexibility index (Phi) is 6.11. The highest BCUT2D eigenvalue weighted by molar-refractivity contribution is 7.14. The Labute approximate surface area is 143 Å². The number of amides is 1. The molecule has 0 aliphatic rings. The van der Waals surface area contributed by atoms with Crippen LogP contribution in [0.25, 0.3) is 0 Å². The zero-order valence-electron chi connectivity index (χ0n) is 12.5. The molecule has 0 fully saturated rings. The summed E-state index contributed by atoms with van der Waals surface area (Å²) in [5, 5.41) is 14.3. The SMILES string of the molecule is C[NH+](CCC(=O)Nc1sccc1C#N)Cc1c(F)cccc1Cl. The van der Waals surface area contributed by atoms with E-state index in [-0.39, 0.29) is 18.1 Å². The lowest BCUT2D eigenvalue weighted by Crippen LogP contribution is -3.07. The number of thiophene rings is 1. The van der Waals surface area contributed by atoms with Crippen LogP contribution in [0.1, 0.15) is 17.5 Å². The summed E-state index contributed by atoms with van der Waals surface area (Å²) in [6, 6.07) is 8.29. The third kappa shape index (κ3) is 4.76. The van der Waals surface area contributed by atoms with Gasteiger partial charge in [-0.05, 0) is 23.6 Å². The van der Waals surface area contributed by atoms with Crippen molar-refractivity contribution in [2.45, 2.75) is 13.0 Å². The molecule has 1 aromatic heterocycles. The molecule has 0 saturated heterocycles. The first-order chi connectivity index (χ1) is 11.0. The summed E-state index contributed by atoms with van der Waals surface area (Å²) in [5.74, 6) is -0.499. The topological polar surface area (TPSA) is 57.3 Å². The smallest absolute Gasteiger partial charge is 0.230 e. The van der Waals surface area contributed by atoms with Gasteiger partial charge in [0, 0.05) is 0 Å². The zero-order valence-corrected chi connectivity index (χ0v) is 14.1. The van der Waals surface area contributed by atoms with Crippen molar-refractivity contribution in [1.29, 1.82) is 5.26 Å². The predicted molar refractivity (Wildman–Crippen MR) is 89.1 cm³/mol. The molecule has 1 unspecified atom stereocenters. The molecule has 0 aliphatic heterocycles. The quantitative estimate of drug-likeness (QED) is 0.839. The van der Waals surface area contributed by atoms with Crippen molar-refractivity contribution < 1.29 is 14.1 Å². The fourth-order valence-corrected chi connectivity index (χ4v) is 3.08. The number of hydrogen-bond acceptors (Lipinski definition) is 3. The maximum Gasteiger partial charge on any atom is 0.230 e. The number of quaternary nitrogens is 1. The molecule has 0 bridgehead atoms. The van der Waals surface area contributed by atoms with Gasteiger partial charge in [0.15, 0.2) is 0 Å². The zero-order chi connectivity index (χ0) is 16.8. The number of nitrogens with one attached hydrogen (secondary N) is 2. The van der Waals surface area contributed by atoms with E-state index >= 15 is 0 Å². The standard InChI is InChI=1S/C16H15ClFN3OS/c1-21(10-12-13(17)3-2-4-14(12)18)7-5-15(22)20-16-11(9-19)6-8-23-16/h2-4,6,8H,5,7,10H2,1H3,(H,20,22)/p+1. The molecule has 0 aliphatic carbocycles. The number of hydrogen-bond donors (Lipinski definition) is 2. The van der Waals surface area contributed by atoms with Crippen LogP contribution in [-0.4, -0.2) is 19.5 Å². The van der Waals surface area contributed by atoms with Crippen molar-refractivity contribution in [3.8, 4) is 6.07 Å². The monoisotopic (exact) mass is 352 g/mol. The van der Waals surface area contributed by atoms with E-state index in [0.29, 0.717) is 34.2 Å². The maximum atomic E-state index is 13.7. The number of anilines is 1. The largest absolute Gasteiger partial charge is 0.333 e. The van der Waals surface area contributed by atoms with Crippen molar-refractivity contribution in [3.63, 3.8) is 0 Å². The predicted octanol–water partition coefficient (Wildman–Crippen LogP) is 2.46. The minimum atomic E-state index is -0.335. The summed E-state index contributed by atoms with van der Waals surface area (Å²) in [5.41, 5.74) is 0.916. The number of nitriles is 1. The van der Waals surface area contributed by atoms with Crippen LogP contribution >= 0.6 is 22.9 Å². The van der Waals surface area contributed by atoms with Gasteiger partial charge in [-0.25, -0.2) is 4.39 Å². The minimum Gasteiger partial charge on any atom is -0.333 e. The molecular formula is C16H16ClFN3OS+. The second kappa shape index (κ2) is 8.06. The van der Waals surface area contributed by atoms with Gasteiger partial charge >= 0.3 is 0 Å². The van der Waals surface area contributed by atoms with E-state index in [0.717, 1.165) is 4.90 Å². The maximum absolute atomic E-state index is 13.7. The lowest BCUT2D eigenvalue weighted by molar-refractivity contribution is -0.893. The Morgan fingerprint density at radius 1 is 1.48 bits per heavy atom. The van der Waals surface area contributed by atoms with Crippen molar-refractivity contribution in [2.24, 2.45) is 0 Å². The van der Waals surface area contributed by atoms with Crippen molar-refractivity contribution in [2.75, 3.05) is 18.9 Å². The molecule has 0 spiro atoms. The molecular weight excluding hydrogens is 337 g/mol. The lowest BCUT2D eigenvalue weighted by Gasteiger charge is -2.15. The summed E-state index contributed by atoms with van der Waals surface area (Å²) in [7, 11) is 1.88. The van der Waals surface area contributed by atoms with Crippen LogP contribution in [0.15, 0.2) is 29.6 Å². The average molecular weight is 353 g/mol. The Balaban J connectivity index is 1.86. The van der Waals surface area contributed by atoms with Gasteiger partial charge in [-0.1, -0.05) is 17.7 Å². The fraction of sp³-hybridized carbons (Fsp3) is 0.250. The molecule has 4 nitrogen and oxygen atoms in total. The molecule has 1 heterocycles. The van der Waals surface area contributed by atoms with Crippen molar-refractivity contribution >= 4 is 33.8 Å². The average Bonchev–Trinajstić information content (AvgIpc) is 2.96. The number of carbonyl (C=O) groups is 1. The summed E-state index contributed by atoms with van der Waals surface area (Å²) in [4.78, 5) is 12.9. The fourth-order valence-electron chi connectivity index (χ4n) is 2.10. The first-order valence-corrected chi connectivity index (χ1v) is 8.28. The van der Waals surface area contributed by atoms with Gasteiger partial charge in [-0.15, -0.1) is 11.3 Å². The van der Waals surface area contributed by atoms with Crippen LogP contribution in [0.3, 0.4) is 0 Å². The number of nitrogens with zero attached hydrogens (tertiary/aromatic N) is 1. The Morgan fingerprint density at radius 3 is 2.96 bits per heavy atom. The van der Waals surface area contributed by atoms with Crippen LogP contribution in [-0.2, 0) is 11.3 Å². The molecule has 1 atom stereocenters. The van der Waals surface area contributed by atoms with Crippen molar-refractivity contribution in [1.82, 2.24) is 0 Å². The Morgan fingerprint density at radius 2 is 2.26 bits per heavy atom. The third-order valence-electron chi connectivity index (χ3n) is 3.36. The van der Waals surface area contributed by atoms with Gasteiger partial charge in [0.2, 0.25) is 5.91 Å². The first-order valence-electron chi connectivity index (χ1n) is 7.03. The number of benzene rings is 1. The van der Waals surface area contributed by atoms with E-state index in [2.05, 4.69) is 5.32 Å². The molecule has 23 heavy (non-hydrogen) atoms. The second-order valence-corrected chi connectivity index (χ2v) is 6.48. The highest BCUT2D eigenvalue weighted by Gasteiger charge is 2.14. The van der Waals surface area contributed by atoms with Gasteiger partial charge in [0.25, 0.3) is 0 Å². The van der Waals surface area contributed by atoms with Gasteiger partial charge in [-0.3, -0.25) is 4.79 Å². The van der Waals surface area contributed by atoms with E-state index in [1.165, 1.54) is 17.4 Å². The Bertz CT molecular complexity index is 721. The normalized spacial score (nSPS) is 11.7. The highest BCUT2D eigenvalue weighted by atomic mass is 35.5. The molecule has 120 valence electrons. The van der Waals surface area contributed by atoms with E-state index in [4.69, 9.17) is 16.9 Å². The lowest BCUT2D eigenvalue weighted by atomic mass is 10.2. The summed E-state index contributed by atoms with van der Waals surface area (Å²) in [6.45, 7) is 0.936. The van der Waals surface area contributed by atoms with Crippen LogP contribution in [0.5, 0.6) is 0 Å². The van der Waals surface area contributed by atoms with Crippen LogP contribution < -0.4 is 10.2 Å². The molecule has 2 aromatic rings. The molecule has 7 heteroatoms. The van der Waals surface area contributed by atoms with Gasteiger partial charge < -0.3 is 10.2 Å². The van der Waals surface area contributed by atoms with E-state index in [9.17, 15) is 9.18 Å². The molecule has 0 saturated carbocycles. The van der Waals surface area contributed by atoms with E-state index < -0.39 is 0 Å². The van der Waals surface area contributed by atoms with Crippen LogP contribution in [0.4, 0.5) is 9.39 Å². The van der Waals surface area contributed by atoms with Gasteiger partial charge in [0.1, 0.15) is 23.4 Å². The van der Waals surface area contributed by atoms with Gasteiger partial charge in [0.05, 0.1) is 36.2 Å². The molecule has 1 amide bonds. The van der Waals surface area contributed by atoms with Gasteiger partial charge in [-0.2, -0.15) is 5.26 Å². The third-order valence-corrected chi connectivity index (χ3v) is 4.54. The number of carbonyl (C=O) groups excluding carboxylic acids is 1.